The third kappa shape index (κ3) is 3.81. The molecule has 1 aromatic heterocycles. The van der Waals surface area contributed by atoms with E-state index < -0.39 is 27.3 Å². The first-order valence-electron chi connectivity index (χ1n) is 7.07. The quantitative estimate of drug-likeness (QED) is 0.681. The van der Waals surface area contributed by atoms with E-state index in [1.54, 1.807) is 17.7 Å². The van der Waals surface area contributed by atoms with Crippen molar-refractivity contribution < 1.29 is 17.6 Å². The highest BCUT2D eigenvalue weighted by atomic mass is 35.5. The summed E-state index contributed by atoms with van der Waals surface area (Å²) in [4.78, 5) is 16.3. The highest BCUT2D eigenvalue weighted by Gasteiger charge is 2.19. The molecule has 130 valence electrons. The summed E-state index contributed by atoms with van der Waals surface area (Å²) in [7, 11) is -2.14. The number of carbonyl (C=O) groups is 1. The molecular formula is C16H12ClFN2O3S2. The number of thiazole rings is 1. The maximum absolute atomic E-state index is 13.3. The summed E-state index contributed by atoms with van der Waals surface area (Å²) < 4.78 is 40.1. The van der Waals surface area contributed by atoms with Crippen LogP contribution in [0.2, 0.25) is 5.02 Å². The van der Waals surface area contributed by atoms with E-state index in [0.717, 1.165) is 11.3 Å². The van der Waals surface area contributed by atoms with Gasteiger partial charge < -0.3 is 4.57 Å². The molecule has 5 nitrogen and oxygen atoms in total. The predicted octanol–water partition coefficient (Wildman–Crippen LogP) is 2.93. The van der Waals surface area contributed by atoms with Gasteiger partial charge in [0, 0.05) is 12.1 Å². The average Bonchev–Trinajstić information content (AvgIpc) is 2.82. The molecule has 9 heteroatoms. The Labute approximate surface area is 151 Å². The van der Waals surface area contributed by atoms with Gasteiger partial charge in [-0.2, -0.15) is 4.99 Å². The molecule has 1 amide bonds. The van der Waals surface area contributed by atoms with Gasteiger partial charge in [0.05, 0.1) is 15.1 Å². The minimum Gasteiger partial charge on any atom is -0.319 e. The maximum atomic E-state index is 13.3. The first kappa shape index (κ1) is 17.8. The molecule has 3 aromatic rings. The van der Waals surface area contributed by atoms with Crippen LogP contribution in [0.3, 0.4) is 0 Å². The minimum absolute atomic E-state index is 0.00300. The Hall–Kier alpha value is -2.03. The molecule has 0 saturated carbocycles. The second-order valence-electron chi connectivity index (χ2n) is 5.27. The number of amides is 1. The Morgan fingerprint density at radius 3 is 2.60 bits per heavy atom. The lowest BCUT2D eigenvalue weighted by Gasteiger charge is -2.01. The monoisotopic (exact) mass is 398 g/mol. The van der Waals surface area contributed by atoms with Crippen LogP contribution in [-0.2, 0) is 21.7 Å². The van der Waals surface area contributed by atoms with Crippen molar-refractivity contribution in [3.8, 4) is 0 Å². The number of fused-ring (bicyclic) bond motifs is 1. The average molecular weight is 399 g/mol. The lowest BCUT2D eigenvalue weighted by molar-refractivity contribution is -0.115. The summed E-state index contributed by atoms with van der Waals surface area (Å²) in [5.41, 5.74) is 0.707. The van der Waals surface area contributed by atoms with Crippen molar-refractivity contribution in [1.82, 2.24) is 4.57 Å². The standard InChI is InChI=1S/C16H12ClFN2O3S2/c1-20-13-7-4-11(18)8-14(13)24-16(20)19-15(21)9-25(22,23)12-5-2-10(17)3-6-12/h2-8H,9H2,1H3. The van der Waals surface area contributed by atoms with Crippen LogP contribution in [0.5, 0.6) is 0 Å². The van der Waals surface area contributed by atoms with Crippen molar-refractivity contribution in [3.63, 3.8) is 0 Å². The van der Waals surface area contributed by atoms with Gasteiger partial charge in [0.15, 0.2) is 14.6 Å². The number of hydrogen-bond donors (Lipinski definition) is 0. The predicted molar refractivity (Wildman–Crippen MR) is 94.8 cm³/mol. The van der Waals surface area contributed by atoms with Gasteiger partial charge in [0.25, 0.3) is 5.91 Å². The zero-order valence-corrected chi connectivity index (χ0v) is 15.3. The van der Waals surface area contributed by atoms with E-state index >= 15 is 0 Å². The molecule has 0 radical (unpaired) electrons. The Kier molecular flexibility index (Phi) is 4.77. The van der Waals surface area contributed by atoms with Gasteiger partial charge in [-0.3, -0.25) is 4.79 Å². The number of sulfone groups is 1. The summed E-state index contributed by atoms with van der Waals surface area (Å²) in [5, 5.41) is 0.402. The Balaban J connectivity index is 1.93. The van der Waals surface area contributed by atoms with E-state index in [1.807, 2.05) is 0 Å². The highest BCUT2D eigenvalue weighted by Crippen LogP contribution is 2.18. The number of nitrogens with zero attached hydrogens (tertiary/aromatic N) is 2. The molecule has 0 fully saturated rings. The minimum atomic E-state index is -3.81. The van der Waals surface area contributed by atoms with E-state index in [0.29, 0.717) is 20.0 Å². The van der Waals surface area contributed by atoms with Crippen molar-refractivity contribution in [3.05, 3.63) is 58.1 Å². The van der Waals surface area contributed by atoms with Crippen LogP contribution in [0, 0.1) is 5.82 Å². The molecule has 0 spiro atoms. The van der Waals surface area contributed by atoms with Crippen LogP contribution < -0.4 is 4.80 Å². The van der Waals surface area contributed by atoms with E-state index in [-0.39, 0.29) is 4.90 Å². The zero-order valence-electron chi connectivity index (χ0n) is 12.9. The Morgan fingerprint density at radius 1 is 1.24 bits per heavy atom. The van der Waals surface area contributed by atoms with Gasteiger partial charge in [-0.25, -0.2) is 12.8 Å². The van der Waals surface area contributed by atoms with Crippen LogP contribution in [0.15, 0.2) is 52.4 Å². The highest BCUT2D eigenvalue weighted by molar-refractivity contribution is 7.92. The van der Waals surface area contributed by atoms with Gasteiger partial charge in [0.1, 0.15) is 11.6 Å². The third-order valence-corrected chi connectivity index (χ3v) is 6.44. The van der Waals surface area contributed by atoms with Crippen molar-refractivity contribution >= 4 is 48.9 Å². The molecule has 2 aromatic carbocycles. The van der Waals surface area contributed by atoms with Gasteiger partial charge in [-0.15, -0.1) is 0 Å². The van der Waals surface area contributed by atoms with Crippen molar-refractivity contribution in [2.75, 3.05) is 5.75 Å². The van der Waals surface area contributed by atoms with Crippen LogP contribution in [-0.4, -0.2) is 24.6 Å². The van der Waals surface area contributed by atoms with Crippen LogP contribution in [0.25, 0.3) is 10.2 Å². The van der Waals surface area contributed by atoms with Crippen LogP contribution >= 0.6 is 22.9 Å². The first-order valence-corrected chi connectivity index (χ1v) is 9.92. The van der Waals surface area contributed by atoms with Crippen LogP contribution in [0.1, 0.15) is 0 Å². The fourth-order valence-corrected chi connectivity index (χ4v) is 4.53. The largest absolute Gasteiger partial charge is 0.319 e. The lowest BCUT2D eigenvalue weighted by atomic mass is 10.3. The number of benzene rings is 2. The number of carbonyl (C=O) groups excluding carboxylic acids is 1. The van der Waals surface area contributed by atoms with Gasteiger partial charge in [0.2, 0.25) is 0 Å². The van der Waals surface area contributed by atoms with E-state index in [9.17, 15) is 17.6 Å². The SMILES string of the molecule is Cn1c(=NC(=O)CS(=O)(=O)c2ccc(Cl)cc2)sc2cc(F)ccc21. The van der Waals surface area contributed by atoms with E-state index in [1.165, 1.54) is 36.4 Å². The second-order valence-corrected chi connectivity index (χ2v) is 8.71. The summed E-state index contributed by atoms with van der Waals surface area (Å²) in [6, 6.07) is 9.79. The van der Waals surface area contributed by atoms with E-state index in [2.05, 4.69) is 4.99 Å². The smallest absolute Gasteiger partial charge is 0.263 e. The summed E-state index contributed by atoms with van der Waals surface area (Å²) in [6.45, 7) is 0. The molecule has 0 unspecified atom stereocenters. The zero-order chi connectivity index (χ0) is 18.2. The Morgan fingerprint density at radius 2 is 1.92 bits per heavy atom. The molecule has 0 aliphatic carbocycles. The van der Waals surface area contributed by atoms with Crippen molar-refractivity contribution in [2.45, 2.75) is 4.90 Å². The first-order chi connectivity index (χ1) is 11.8. The number of halogens is 2. The summed E-state index contributed by atoms with van der Waals surface area (Å²) >= 11 is 6.85. The second kappa shape index (κ2) is 6.70. The maximum Gasteiger partial charge on any atom is 0.263 e. The lowest BCUT2D eigenvalue weighted by Crippen LogP contribution is -2.19. The molecule has 0 aliphatic heterocycles. The molecule has 3 rings (SSSR count). The number of aryl methyl sites for hydroxylation is 1. The molecule has 0 atom stereocenters. The summed E-state index contributed by atoms with van der Waals surface area (Å²) in [5.74, 6) is -1.94. The van der Waals surface area contributed by atoms with Crippen molar-refractivity contribution in [1.29, 1.82) is 0 Å². The topological polar surface area (TPSA) is 68.5 Å². The molecule has 0 N–H and O–H groups in total. The van der Waals surface area contributed by atoms with Gasteiger partial charge >= 0.3 is 0 Å². The number of rotatable bonds is 3. The summed E-state index contributed by atoms with van der Waals surface area (Å²) in [6.07, 6.45) is 0. The fraction of sp³-hybridized carbons (Fsp3) is 0.125. The fourth-order valence-electron chi connectivity index (χ4n) is 2.24. The molecule has 1 heterocycles. The van der Waals surface area contributed by atoms with Gasteiger partial charge in [-0.05, 0) is 42.5 Å². The third-order valence-electron chi connectivity index (χ3n) is 3.48. The Bertz CT molecular complexity index is 1130. The molecule has 0 saturated heterocycles. The molecule has 0 bridgehead atoms. The van der Waals surface area contributed by atoms with Gasteiger partial charge in [-0.1, -0.05) is 22.9 Å². The van der Waals surface area contributed by atoms with E-state index in [4.69, 9.17) is 11.6 Å². The molecule has 0 aliphatic rings. The molecular weight excluding hydrogens is 387 g/mol. The van der Waals surface area contributed by atoms with Crippen molar-refractivity contribution in [2.24, 2.45) is 12.0 Å². The molecule has 25 heavy (non-hydrogen) atoms. The van der Waals surface area contributed by atoms with Crippen LogP contribution in [0.4, 0.5) is 4.39 Å². The number of aromatic nitrogens is 1. The number of hydrogen-bond acceptors (Lipinski definition) is 4. The normalized spacial score (nSPS) is 12.7.